The first-order chi connectivity index (χ1) is 9.65. The van der Waals surface area contributed by atoms with Gasteiger partial charge in [-0.25, -0.2) is 0 Å². The number of nitrogens with zero attached hydrogens (tertiary/aromatic N) is 1. The van der Waals surface area contributed by atoms with Crippen molar-refractivity contribution < 1.29 is 14.7 Å². The van der Waals surface area contributed by atoms with Crippen molar-refractivity contribution in [2.75, 3.05) is 13.1 Å². The van der Waals surface area contributed by atoms with Crippen molar-refractivity contribution in [3.05, 3.63) is 0 Å². The molecule has 112 valence electrons. The van der Waals surface area contributed by atoms with E-state index < -0.39 is 5.97 Å². The Balaban J connectivity index is 1.64. The van der Waals surface area contributed by atoms with Crippen molar-refractivity contribution in [1.82, 2.24) is 10.2 Å². The van der Waals surface area contributed by atoms with Gasteiger partial charge in [0.05, 0.1) is 5.92 Å². The number of hydrogen-bond acceptors (Lipinski definition) is 3. The second kappa shape index (κ2) is 5.72. The van der Waals surface area contributed by atoms with Gasteiger partial charge in [0.2, 0.25) is 5.91 Å². The molecule has 2 bridgehead atoms. The number of piperidine rings is 2. The largest absolute Gasteiger partial charge is 0.481 e. The smallest absolute Gasteiger partial charge is 0.303 e. The highest BCUT2D eigenvalue weighted by molar-refractivity contribution is 5.80. The van der Waals surface area contributed by atoms with Gasteiger partial charge in [-0.15, -0.1) is 0 Å². The number of amides is 1. The lowest BCUT2D eigenvalue weighted by Gasteiger charge is -2.41. The molecule has 0 aliphatic carbocycles. The van der Waals surface area contributed by atoms with E-state index in [1.165, 1.54) is 0 Å². The zero-order valence-corrected chi connectivity index (χ0v) is 11.9. The van der Waals surface area contributed by atoms with Crippen LogP contribution in [0.1, 0.15) is 44.9 Å². The molecule has 3 fully saturated rings. The fourth-order valence-electron chi connectivity index (χ4n) is 4.34. The molecule has 1 amide bonds. The van der Waals surface area contributed by atoms with E-state index in [-0.39, 0.29) is 18.3 Å². The van der Waals surface area contributed by atoms with Gasteiger partial charge in [-0.1, -0.05) is 0 Å². The molecule has 3 atom stereocenters. The van der Waals surface area contributed by atoms with Gasteiger partial charge < -0.3 is 15.3 Å². The minimum absolute atomic E-state index is 0.142. The third kappa shape index (κ3) is 2.68. The number of carboxylic acids is 1. The number of hydrogen-bond donors (Lipinski definition) is 2. The van der Waals surface area contributed by atoms with Crippen LogP contribution in [0.4, 0.5) is 0 Å². The molecule has 20 heavy (non-hydrogen) atoms. The van der Waals surface area contributed by atoms with Crippen molar-refractivity contribution in [3.63, 3.8) is 0 Å². The van der Waals surface area contributed by atoms with E-state index in [9.17, 15) is 9.59 Å². The van der Waals surface area contributed by atoms with Gasteiger partial charge in [0, 0.05) is 25.0 Å². The highest BCUT2D eigenvalue weighted by atomic mass is 16.4. The maximum atomic E-state index is 12.7. The summed E-state index contributed by atoms with van der Waals surface area (Å²) in [6.07, 6.45) is 6.24. The first kappa shape index (κ1) is 13.9. The number of rotatable bonds is 3. The van der Waals surface area contributed by atoms with Crippen molar-refractivity contribution in [3.8, 4) is 0 Å². The molecule has 0 aromatic heterocycles. The van der Waals surface area contributed by atoms with Crippen LogP contribution < -0.4 is 5.32 Å². The van der Waals surface area contributed by atoms with E-state index in [0.717, 1.165) is 51.6 Å². The van der Waals surface area contributed by atoms with Crippen LogP contribution >= 0.6 is 0 Å². The number of fused-ring (bicyclic) bond motifs is 2. The average Bonchev–Trinajstić information content (AvgIpc) is 2.70. The molecule has 0 radical (unpaired) electrons. The highest BCUT2D eigenvalue weighted by Crippen LogP contribution is 2.41. The molecule has 3 heterocycles. The molecule has 2 N–H and O–H groups in total. The fraction of sp³-hybridized carbons (Fsp3) is 0.867. The Bertz CT molecular complexity index is 379. The summed E-state index contributed by atoms with van der Waals surface area (Å²) in [7, 11) is 0. The SMILES string of the molecule is O=C(O)CC1CC2CCC(C1)N2C(=O)[C@H]1CCCNC1. The normalized spacial score (nSPS) is 36.9. The summed E-state index contributed by atoms with van der Waals surface area (Å²) in [5, 5.41) is 12.3. The van der Waals surface area contributed by atoms with Gasteiger partial charge in [0.15, 0.2) is 0 Å². The number of carbonyl (C=O) groups is 2. The predicted molar refractivity (Wildman–Crippen MR) is 74.2 cm³/mol. The van der Waals surface area contributed by atoms with E-state index in [1.54, 1.807) is 0 Å². The molecule has 5 nitrogen and oxygen atoms in total. The summed E-state index contributed by atoms with van der Waals surface area (Å²) >= 11 is 0. The number of carbonyl (C=O) groups excluding carboxylic acids is 1. The summed E-state index contributed by atoms with van der Waals surface area (Å²) < 4.78 is 0. The lowest BCUT2D eigenvalue weighted by molar-refractivity contribution is -0.142. The van der Waals surface area contributed by atoms with E-state index in [4.69, 9.17) is 5.11 Å². The topological polar surface area (TPSA) is 69.6 Å². The molecule has 0 aromatic rings. The molecule has 3 rings (SSSR count). The Morgan fingerprint density at radius 2 is 1.85 bits per heavy atom. The third-order valence-electron chi connectivity index (χ3n) is 5.19. The van der Waals surface area contributed by atoms with Crippen molar-refractivity contribution in [1.29, 1.82) is 0 Å². The summed E-state index contributed by atoms with van der Waals surface area (Å²) in [5.41, 5.74) is 0. The predicted octanol–water partition coefficient (Wildman–Crippen LogP) is 1.23. The van der Waals surface area contributed by atoms with Crippen LogP contribution in [0.5, 0.6) is 0 Å². The van der Waals surface area contributed by atoms with Crippen LogP contribution in [0.15, 0.2) is 0 Å². The standard InChI is InChI=1S/C15H24N2O3/c18-14(19)8-10-6-12-3-4-13(7-10)17(12)15(20)11-2-1-5-16-9-11/h10-13,16H,1-9H2,(H,18,19)/t10?,11-,12?,13?/m0/s1. The van der Waals surface area contributed by atoms with E-state index in [2.05, 4.69) is 10.2 Å². The number of nitrogens with one attached hydrogen (secondary N) is 1. The first-order valence-electron chi connectivity index (χ1n) is 7.90. The average molecular weight is 280 g/mol. The maximum absolute atomic E-state index is 12.7. The Morgan fingerprint density at radius 1 is 1.15 bits per heavy atom. The van der Waals surface area contributed by atoms with Crippen LogP contribution in [-0.2, 0) is 9.59 Å². The van der Waals surface area contributed by atoms with Gasteiger partial charge in [0.1, 0.15) is 0 Å². The van der Waals surface area contributed by atoms with Crippen LogP contribution in [0, 0.1) is 11.8 Å². The molecule has 3 aliphatic rings. The van der Waals surface area contributed by atoms with E-state index in [0.29, 0.717) is 18.0 Å². The molecule has 2 unspecified atom stereocenters. The first-order valence-corrected chi connectivity index (χ1v) is 7.90. The van der Waals surface area contributed by atoms with Gasteiger partial charge in [-0.3, -0.25) is 9.59 Å². The minimum atomic E-state index is -0.703. The van der Waals surface area contributed by atoms with Gasteiger partial charge in [0.25, 0.3) is 0 Å². The third-order valence-corrected chi connectivity index (χ3v) is 5.19. The zero-order valence-electron chi connectivity index (χ0n) is 11.9. The molecular weight excluding hydrogens is 256 g/mol. The molecule has 3 aliphatic heterocycles. The molecule has 0 saturated carbocycles. The number of aliphatic carboxylic acids is 1. The van der Waals surface area contributed by atoms with Crippen molar-refractivity contribution >= 4 is 11.9 Å². The number of carboxylic acid groups (broad SMARTS) is 1. The monoisotopic (exact) mass is 280 g/mol. The second-order valence-electron chi connectivity index (χ2n) is 6.61. The van der Waals surface area contributed by atoms with E-state index in [1.807, 2.05) is 0 Å². The lowest BCUT2D eigenvalue weighted by Crippen LogP contribution is -2.51. The zero-order chi connectivity index (χ0) is 14.1. The van der Waals surface area contributed by atoms with Gasteiger partial charge >= 0.3 is 5.97 Å². The minimum Gasteiger partial charge on any atom is -0.481 e. The quantitative estimate of drug-likeness (QED) is 0.816. The Hall–Kier alpha value is -1.10. The van der Waals surface area contributed by atoms with Gasteiger partial charge in [-0.2, -0.15) is 0 Å². The van der Waals surface area contributed by atoms with E-state index >= 15 is 0 Å². The summed E-state index contributed by atoms with van der Waals surface area (Å²) in [4.78, 5) is 25.7. The molecule has 0 spiro atoms. The summed E-state index contributed by atoms with van der Waals surface area (Å²) in [6, 6.07) is 0.597. The van der Waals surface area contributed by atoms with Crippen LogP contribution in [-0.4, -0.2) is 47.1 Å². The molecule has 5 heteroatoms. The second-order valence-corrected chi connectivity index (χ2v) is 6.61. The van der Waals surface area contributed by atoms with Crippen LogP contribution in [0.2, 0.25) is 0 Å². The summed E-state index contributed by atoms with van der Waals surface area (Å²) in [5.74, 6) is 0.0190. The van der Waals surface area contributed by atoms with Gasteiger partial charge in [-0.05, 0) is 51.0 Å². The summed E-state index contributed by atoms with van der Waals surface area (Å²) in [6.45, 7) is 1.84. The van der Waals surface area contributed by atoms with Crippen LogP contribution in [0.3, 0.4) is 0 Å². The lowest BCUT2D eigenvalue weighted by atomic mass is 9.86. The Labute approximate surface area is 119 Å². The van der Waals surface area contributed by atoms with Crippen molar-refractivity contribution in [2.45, 2.75) is 57.0 Å². The maximum Gasteiger partial charge on any atom is 0.303 e. The van der Waals surface area contributed by atoms with Crippen LogP contribution in [0.25, 0.3) is 0 Å². The fourth-order valence-corrected chi connectivity index (χ4v) is 4.34. The van der Waals surface area contributed by atoms with Crippen molar-refractivity contribution in [2.24, 2.45) is 11.8 Å². The molecule has 0 aromatic carbocycles. The molecule has 3 saturated heterocycles. The highest BCUT2D eigenvalue weighted by Gasteiger charge is 2.45. The molecular formula is C15H24N2O3. The Morgan fingerprint density at radius 3 is 2.40 bits per heavy atom. The Kier molecular flexibility index (Phi) is 3.96.